The van der Waals surface area contributed by atoms with Gasteiger partial charge in [0.2, 0.25) is 5.82 Å². The number of nitrogens with one attached hydrogen (secondary N) is 1. The predicted octanol–water partition coefficient (Wildman–Crippen LogP) is 1.08. The number of halogens is 2. The van der Waals surface area contributed by atoms with Gasteiger partial charge in [0.05, 0.1) is 0 Å². The minimum Gasteiger partial charge on any atom is -0.295 e. The second kappa shape index (κ2) is 5.37. The molecule has 0 unspecified atom stereocenters. The second-order valence-electron chi connectivity index (χ2n) is 2.86. The van der Waals surface area contributed by atoms with Crippen LogP contribution >= 0.6 is 23.4 Å². The number of nitrogens with zero attached hydrogens (tertiary/aromatic N) is 1. The molecule has 7 heteroatoms. The molecule has 1 heterocycles. The molecular formula is C8H10ClFN2O2S. The standard InChI is InChI=1S/C8H10ClFN2O2S/c1-15-4-2-3-12-7(13)5(10)6(9)11-8(12)14/h2-4H2,1H3,(H,11,14). The highest BCUT2D eigenvalue weighted by Crippen LogP contribution is 2.02. The van der Waals surface area contributed by atoms with E-state index in [2.05, 4.69) is 4.98 Å². The fourth-order valence-electron chi connectivity index (χ4n) is 1.09. The lowest BCUT2D eigenvalue weighted by Gasteiger charge is -2.03. The molecule has 0 spiro atoms. The summed E-state index contributed by atoms with van der Waals surface area (Å²) in [6.07, 6.45) is 2.54. The molecule has 0 fully saturated rings. The number of hydrogen-bond donors (Lipinski definition) is 1. The zero-order valence-electron chi connectivity index (χ0n) is 8.05. The first-order chi connectivity index (χ1) is 7.07. The number of thioether (sulfide) groups is 1. The van der Waals surface area contributed by atoms with Crippen LogP contribution in [0.2, 0.25) is 5.15 Å². The Labute approximate surface area is 94.5 Å². The van der Waals surface area contributed by atoms with Crippen molar-refractivity contribution >= 4 is 23.4 Å². The van der Waals surface area contributed by atoms with Crippen molar-refractivity contribution in [3.05, 3.63) is 31.8 Å². The summed E-state index contributed by atoms with van der Waals surface area (Å²) in [5.41, 5.74) is -1.64. The molecule has 0 saturated carbocycles. The fraction of sp³-hybridized carbons (Fsp3) is 0.500. The summed E-state index contributed by atoms with van der Waals surface area (Å²) in [4.78, 5) is 24.6. The summed E-state index contributed by atoms with van der Waals surface area (Å²) in [6, 6.07) is 0. The highest BCUT2D eigenvalue weighted by atomic mass is 35.5. The minimum absolute atomic E-state index is 0.198. The predicted molar refractivity (Wildman–Crippen MR) is 59.3 cm³/mol. The Morgan fingerprint density at radius 1 is 1.53 bits per heavy atom. The van der Waals surface area contributed by atoms with Gasteiger partial charge < -0.3 is 0 Å². The van der Waals surface area contributed by atoms with E-state index in [0.29, 0.717) is 6.42 Å². The first-order valence-electron chi connectivity index (χ1n) is 4.25. The van der Waals surface area contributed by atoms with Crippen LogP contribution in [0.4, 0.5) is 4.39 Å². The van der Waals surface area contributed by atoms with Crippen molar-refractivity contribution in [2.75, 3.05) is 12.0 Å². The molecular weight excluding hydrogens is 243 g/mol. The van der Waals surface area contributed by atoms with Crippen molar-refractivity contribution in [3.8, 4) is 0 Å². The smallest absolute Gasteiger partial charge is 0.295 e. The van der Waals surface area contributed by atoms with Gasteiger partial charge in [-0.2, -0.15) is 16.2 Å². The summed E-state index contributed by atoms with van der Waals surface area (Å²) in [7, 11) is 0. The molecule has 4 nitrogen and oxygen atoms in total. The molecule has 0 saturated heterocycles. The maximum atomic E-state index is 13.0. The fourth-order valence-corrected chi connectivity index (χ4v) is 1.67. The molecule has 15 heavy (non-hydrogen) atoms. The summed E-state index contributed by atoms with van der Waals surface area (Å²) >= 11 is 6.90. The Morgan fingerprint density at radius 2 is 2.20 bits per heavy atom. The van der Waals surface area contributed by atoms with Crippen LogP contribution in [0.3, 0.4) is 0 Å². The van der Waals surface area contributed by atoms with E-state index in [0.717, 1.165) is 10.3 Å². The third-order valence-electron chi connectivity index (χ3n) is 1.82. The SMILES string of the molecule is CSCCCn1c(=O)[nH]c(Cl)c(F)c1=O. The van der Waals surface area contributed by atoms with Gasteiger partial charge in [-0.3, -0.25) is 14.3 Å². The van der Waals surface area contributed by atoms with Crippen molar-refractivity contribution < 1.29 is 4.39 Å². The monoisotopic (exact) mass is 252 g/mol. The van der Waals surface area contributed by atoms with Crippen molar-refractivity contribution in [2.24, 2.45) is 0 Å². The van der Waals surface area contributed by atoms with E-state index in [-0.39, 0.29) is 6.54 Å². The van der Waals surface area contributed by atoms with E-state index in [9.17, 15) is 14.0 Å². The van der Waals surface area contributed by atoms with E-state index in [1.807, 2.05) is 6.26 Å². The van der Waals surface area contributed by atoms with Gasteiger partial charge in [0.1, 0.15) is 0 Å². The zero-order valence-corrected chi connectivity index (χ0v) is 9.62. The highest BCUT2D eigenvalue weighted by molar-refractivity contribution is 7.98. The zero-order chi connectivity index (χ0) is 11.4. The van der Waals surface area contributed by atoms with Gasteiger partial charge in [0.15, 0.2) is 5.15 Å². The molecule has 0 aromatic carbocycles. The Kier molecular flexibility index (Phi) is 4.41. The molecule has 1 aromatic rings. The van der Waals surface area contributed by atoms with Gasteiger partial charge in [0.25, 0.3) is 5.56 Å². The van der Waals surface area contributed by atoms with E-state index in [1.165, 1.54) is 0 Å². The van der Waals surface area contributed by atoms with Crippen molar-refractivity contribution in [1.29, 1.82) is 0 Å². The molecule has 0 aliphatic rings. The molecule has 0 atom stereocenters. The lowest BCUT2D eigenvalue weighted by atomic mass is 10.4. The summed E-state index contributed by atoms with van der Waals surface area (Å²) in [5, 5.41) is -0.536. The Hall–Kier alpha value is -0.750. The van der Waals surface area contributed by atoms with E-state index < -0.39 is 22.2 Å². The highest BCUT2D eigenvalue weighted by Gasteiger charge is 2.11. The number of aromatic amines is 1. The van der Waals surface area contributed by atoms with Crippen LogP contribution in [0.1, 0.15) is 6.42 Å². The molecule has 0 aliphatic heterocycles. The van der Waals surface area contributed by atoms with Crippen LogP contribution in [0.25, 0.3) is 0 Å². The van der Waals surface area contributed by atoms with E-state index in [4.69, 9.17) is 11.6 Å². The molecule has 0 radical (unpaired) electrons. The first kappa shape index (κ1) is 12.3. The molecule has 0 aliphatic carbocycles. The van der Waals surface area contributed by atoms with Gasteiger partial charge >= 0.3 is 5.69 Å². The van der Waals surface area contributed by atoms with E-state index >= 15 is 0 Å². The first-order valence-corrected chi connectivity index (χ1v) is 6.02. The number of aromatic nitrogens is 2. The molecule has 0 bridgehead atoms. The topological polar surface area (TPSA) is 54.9 Å². The maximum Gasteiger partial charge on any atom is 0.329 e. The van der Waals surface area contributed by atoms with Gasteiger partial charge in [-0.25, -0.2) is 4.79 Å². The number of rotatable bonds is 4. The molecule has 84 valence electrons. The number of hydrogen-bond acceptors (Lipinski definition) is 3. The normalized spacial score (nSPS) is 10.6. The molecule has 1 aromatic heterocycles. The Morgan fingerprint density at radius 3 is 2.80 bits per heavy atom. The average molecular weight is 253 g/mol. The largest absolute Gasteiger partial charge is 0.329 e. The van der Waals surface area contributed by atoms with Crippen molar-refractivity contribution in [1.82, 2.24) is 9.55 Å². The van der Waals surface area contributed by atoms with Gasteiger partial charge in [-0.05, 0) is 18.4 Å². The third kappa shape index (κ3) is 2.85. The lowest BCUT2D eigenvalue weighted by Crippen LogP contribution is -2.37. The van der Waals surface area contributed by atoms with Crippen LogP contribution in [0, 0.1) is 5.82 Å². The van der Waals surface area contributed by atoms with Crippen molar-refractivity contribution in [2.45, 2.75) is 13.0 Å². The van der Waals surface area contributed by atoms with Crippen LogP contribution in [0.5, 0.6) is 0 Å². The second-order valence-corrected chi connectivity index (χ2v) is 4.22. The Bertz CT molecular complexity index is 457. The molecule has 1 N–H and O–H groups in total. The average Bonchev–Trinajstić information content (AvgIpc) is 2.20. The summed E-state index contributed by atoms with van der Waals surface area (Å²) in [5.74, 6) is -0.309. The van der Waals surface area contributed by atoms with Gasteiger partial charge in [-0.15, -0.1) is 0 Å². The lowest BCUT2D eigenvalue weighted by molar-refractivity contribution is 0.536. The van der Waals surface area contributed by atoms with Crippen LogP contribution in [-0.2, 0) is 6.54 Å². The van der Waals surface area contributed by atoms with Gasteiger partial charge in [0, 0.05) is 6.54 Å². The molecule has 0 amide bonds. The summed E-state index contributed by atoms with van der Waals surface area (Å²) in [6.45, 7) is 0.198. The van der Waals surface area contributed by atoms with Gasteiger partial charge in [-0.1, -0.05) is 11.6 Å². The Balaban J connectivity index is 3.03. The number of H-pyrrole nitrogens is 1. The third-order valence-corrected chi connectivity index (χ3v) is 2.77. The quantitative estimate of drug-likeness (QED) is 0.645. The van der Waals surface area contributed by atoms with E-state index in [1.54, 1.807) is 11.8 Å². The van der Waals surface area contributed by atoms with Crippen LogP contribution in [-0.4, -0.2) is 21.6 Å². The van der Waals surface area contributed by atoms with Crippen LogP contribution in [0.15, 0.2) is 9.59 Å². The maximum absolute atomic E-state index is 13.0. The summed E-state index contributed by atoms with van der Waals surface area (Å²) < 4.78 is 13.9. The van der Waals surface area contributed by atoms with Crippen LogP contribution < -0.4 is 11.2 Å². The minimum atomic E-state index is -1.11. The molecule has 1 rings (SSSR count). The van der Waals surface area contributed by atoms with Crippen molar-refractivity contribution in [3.63, 3.8) is 0 Å².